The standard InChI is InChI=1S/C25H30ClNO4S2/c1-4-6-10-20-24(32-16-5-2)22(25(28)29)23(18-12-14-19(26)15-13-18)27(20)33(30,31)21-11-8-7-9-17(21)3/h5,7-9,11-15,20,22-24H,2,4,6,10,16H2,1,3H3,(H,28,29)/t20-,22+,23+,24-/m1/s1. The van der Waals surface area contributed by atoms with E-state index in [9.17, 15) is 18.3 Å². The first-order valence-electron chi connectivity index (χ1n) is 11.0. The van der Waals surface area contributed by atoms with E-state index in [1.54, 1.807) is 61.5 Å². The van der Waals surface area contributed by atoms with Gasteiger partial charge in [-0.25, -0.2) is 8.42 Å². The van der Waals surface area contributed by atoms with Gasteiger partial charge < -0.3 is 5.11 Å². The molecule has 1 aliphatic rings. The molecule has 0 saturated carbocycles. The summed E-state index contributed by atoms with van der Waals surface area (Å²) in [5.41, 5.74) is 1.27. The molecule has 0 bridgehead atoms. The van der Waals surface area contributed by atoms with Crippen LogP contribution in [0.3, 0.4) is 0 Å². The molecule has 4 atom stereocenters. The predicted molar refractivity (Wildman–Crippen MR) is 135 cm³/mol. The van der Waals surface area contributed by atoms with Gasteiger partial charge in [-0.1, -0.05) is 67.8 Å². The SMILES string of the molecule is C=CCS[C@H]1[C@@H](C(=O)O)[C@H](c2ccc(Cl)cc2)N(S(=O)(=O)c2ccccc2C)[C@@H]1CCCC. The second-order valence-corrected chi connectivity index (χ2v) is 11.7. The number of nitrogens with zero attached hydrogens (tertiary/aromatic N) is 1. The zero-order chi connectivity index (χ0) is 24.2. The maximum atomic E-state index is 14.1. The van der Waals surface area contributed by atoms with E-state index in [0.717, 1.165) is 12.8 Å². The highest BCUT2D eigenvalue weighted by atomic mass is 35.5. The third-order valence-corrected chi connectivity index (χ3v) is 9.82. The number of hydrogen-bond acceptors (Lipinski definition) is 4. The van der Waals surface area contributed by atoms with Gasteiger partial charge in [-0.05, 0) is 42.7 Å². The van der Waals surface area contributed by atoms with Crippen molar-refractivity contribution in [3.8, 4) is 0 Å². The molecule has 0 aliphatic carbocycles. The molecule has 8 heteroatoms. The number of unbranched alkanes of at least 4 members (excludes halogenated alkanes) is 1. The highest BCUT2D eigenvalue weighted by Gasteiger charge is 2.57. The molecule has 1 heterocycles. The molecule has 3 rings (SSSR count). The molecule has 0 spiro atoms. The molecule has 1 saturated heterocycles. The summed E-state index contributed by atoms with van der Waals surface area (Å²) >= 11 is 7.56. The lowest BCUT2D eigenvalue weighted by atomic mass is 9.92. The third kappa shape index (κ3) is 5.32. The summed E-state index contributed by atoms with van der Waals surface area (Å²) in [6, 6.07) is 12.4. The molecule has 2 aromatic carbocycles. The van der Waals surface area contributed by atoms with Crippen LogP contribution >= 0.6 is 23.4 Å². The molecular weight excluding hydrogens is 478 g/mol. The first-order valence-corrected chi connectivity index (χ1v) is 13.9. The average Bonchev–Trinajstić information content (AvgIpc) is 3.11. The zero-order valence-corrected chi connectivity index (χ0v) is 21.2. The van der Waals surface area contributed by atoms with E-state index in [4.69, 9.17) is 11.6 Å². The molecule has 0 radical (unpaired) electrons. The molecule has 1 aliphatic heterocycles. The fourth-order valence-electron chi connectivity index (χ4n) is 4.60. The summed E-state index contributed by atoms with van der Waals surface area (Å²) in [5.74, 6) is -1.36. The van der Waals surface area contributed by atoms with Crippen LogP contribution in [0.15, 0.2) is 66.1 Å². The van der Waals surface area contributed by atoms with Crippen LogP contribution in [-0.4, -0.2) is 40.8 Å². The van der Waals surface area contributed by atoms with Crippen LogP contribution in [-0.2, 0) is 14.8 Å². The normalized spacial score (nSPS) is 23.5. The second kappa shape index (κ2) is 11.1. The van der Waals surface area contributed by atoms with E-state index in [-0.39, 0.29) is 4.90 Å². The monoisotopic (exact) mass is 507 g/mol. The zero-order valence-electron chi connectivity index (χ0n) is 18.9. The number of aliphatic carboxylic acids is 1. The van der Waals surface area contributed by atoms with Crippen molar-refractivity contribution in [3.05, 3.63) is 77.3 Å². The predicted octanol–water partition coefficient (Wildman–Crippen LogP) is 5.94. The summed E-state index contributed by atoms with van der Waals surface area (Å²) in [4.78, 5) is 12.8. The molecule has 1 fully saturated rings. The van der Waals surface area contributed by atoms with Crippen LogP contribution in [0, 0.1) is 12.8 Å². The summed E-state index contributed by atoms with van der Waals surface area (Å²) < 4.78 is 29.8. The van der Waals surface area contributed by atoms with Crippen LogP contribution in [0.5, 0.6) is 0 Å². The Morgan fingerprint density at radius 2 is 1.88 bits per heavy atom. The Hall–Kier alpha value is -1.80. The van der Waals surface area contributed by atoms with Gasteiger partial charge in [0.2, 0.25) is 10.0 Å². The number of carboxylic acid groups (broad SMARTS) is 1. The summed E-state index contributed by atoms with van der Waals surface area (Å²) in [6.45, 7) is 7.59. The molecule has 33 heavy (non-hydrogen) atoms. The van der Waals surface area contributed by atoms with Crippen LogP contribution in [0.2, 0.25) is 5.02 Å². The maximum Gasteiger partial charge on any atom is 0.309 e. The Kier molecular flexibility index (Phi) is 8.67. The van der Waals surface area contributed by atoms with Crippen LogP contribution < -0.4 is 0 Å². The highest BCUT2D eigenvalue weighted by Crippen LogP contribution is 2.50. The third-order valence-electron chi connectivity index (χ3n) is 6.08. The lowest BCUT2D eigenvalue weighted by Crippen LogP contribution is -2.40. The van der Waals surface area contributed by atoms with Crippen molar-refractivity contribution in [2.75, 3.05) is 5.75 Å². The lowest BCUT2D eigenvalue weighted by molar-refractivity contribution is -0.142. The number of hydrogen-bond donors (Lipinski definition) is 1. The Balaban J connectivity index is 2.25. The van der Waals surface area contributed by atoms with Crippen molar-refractivity contribution in [2.45, 2.75) is 55.3 Å². The van der Waals surface area contributed by atoms with Crippen LogP contribution in [0.25, 0.3) is 0 Å². The van der Waals surface area contributed by atoms with Gasteiger partial charge >= 0.3 is 5.97 Å². The van der Waals surface area contributed by atoms with E-state index >= 15 is 0 Å². The van der Waals surface area contributed by atoms with Crippen molar-refractivity contribution in [1.82, 2.24) is 4.31 Å². The fourth-order valence-corrected chi connectivity index (χ4v) is 8.22. The largest absolute Gasteiger partial charge is 0.481 e. The molecule has 2 aromatic rings. The molecule has 0 unspecified atom stereocenters. The topological polar surface area (TPSA) is 74.7 Å². The van der Waals surface area contributed by atoms with Gasteiger partial charge in [-0.2, -0.15) is 16.1 Å². The molecule has 0 aromatic heterocycles. The number of thioether (sulfide) groups is 1. The molecule has 0 amide bonds. The summed E-state index contributed by atoms with van der Waals surface area (Å²) in [6.07, 6.45) is 4.01. The smallest absolute Gasteiger partial charge is 0.309 e. The maximum absolute atomic E-state index is 14.1. The fraction of sp³-hybridized carbons (Fsp3) is 0.400. The summed E-state index contributed by atoms with van der Waals surface area (Å²) in [5, 5.41) is 10.4. The number of sulfonamides is 1. The van der Waals surface area contributed by atoms with E-state index in [2.05, 4.69) is 6.58 Å². The van der Waals surface area contributed by atoms with Gasteiger partial charge in [-0.15, -0.1) is 6.58 Å². The van der Waals surface area contributed by atoms with Gasteiger partial charge in [0.25, 0.3) is 0 Å². The van der Waals surface area contributed by atoms with Gasteiger partial charge in [0.15, 0.2) is 0 Å². The van der Waals surface area contributed by atoms with Crippen LogP contribution in [0.4, 0.5) is 0 Å². The Bertz CT molecular complexity index is 1090. The number of benzene rings is 2. The minimum absolute atomic E-state index is 0.212. The lowest BCUT2D eigenvalue weighted by Gasteiger charge is -2.31. The Labute approximate surface area is 205 Å². The van der Waals surface area contributed by atoms with Crippen molar-refractivity contribution < 1.29 is 18.3 Å². The quantitative estimate of drug-likeness (QED) is 0.403. The van der Waals surface area contributed by atoms with Gasteiger partial charge in [-0.3, -0.25) is 4.79 Å². The number of carboxylic acids is 1. The van der Waals surface area contributed by atoms with Crippen molar-refractivity contribution >= 4 is 39.4 Å². The van der Waals surface area contributed by atoms with E-state index in [1.165, 1.54) is 16.1 Å². The minimum Gasteiger partial charge on any atom is -0.481 e. The first-order chi connectivity index (χ1) is 15.7. The highest BCUT2D eigenvalue weighted by molar-refractivity contribution is 8.00. The van der Waals surface area contributed by atoms with Crippen LogP contribution in [0.1, 0.15) is 43.4 Å². The van der Waals surface area contributed by atoms with Crippen molar-refractivity contribution in [3.63, 3.8) is 0 Å². The van der Waals surface area contributed by atoms with E-state index in [1.807, 2.05) is 6.92 Å². The Morgan fingerprint density at radius 1 is 1.21 bits per heavy atom. The molecular formula is C25H30ClNO4S2. The first kappa shape index (κ1) is 25.8. The second-order valence-electron chi connectivity index (χ2n) is 8.26. The number of rotatable bonds is 10. The number of aryl methyl sites for hydroxylation is 1. The summed E-state index contributed by atoms with van der Waals surface area (Å²) in [7, 11) is -3.98. The number of carbonyl (C=O) groups is 1. The number of halogens is 1. The molecule has 1 N–H and O–H groups in total. The van der Waals surface area contributed by atoms with E-state index in [0.29, 0.717) is 28.3 Å². The minimum atomic E-state index is -3.98. The van der Waals surface area contributed by atoms with Gasteiger partial charge in [0, 0.05) is 22.1 Å². The van der Waals surface area contributed by atoms with Crippen molar-refractivity contribution in [1.29, 1.82) is 0 Å². The molecule has 178 valence electrons. The van der Waals surface area contributed by atoms with Gasteiger partial charge in [0.1, 0.15) is 0 Å². The average molecular weight is 508 g/mol. The van der Waals surface area contributed by atoms with E-state index < -0.39 is 39.2 Å². The Morgan fingerprint density at radius 3 is 2.45 bits per heavy atom. The van der Waals surface area contributed by atoms with Crippen molar-refractivity contribution in [2.24, 2.45) is 5.92 Å². The van der Waals surface area contributed by atoms with Gasteiger partial charge in [0.05, 0.1) is 16.9 Å². The molecule has 5 nitrogen and oxygen atoms in total.